The fraction of sp³-hybridized carbons (Fsp3) is 0.387. The summed E-state index contributed by atoms with van der Waals surface area (Å²) < 4.78 is 25.9. The zero-order chi connectivity index (χ0) is 26.5. The van der Waals surface area contributed by atoms with Crippen LogP contribution < -0.4 is 19.3 Å². The molecule has 0 spiro atoms. The molecule has 0 amide bonds. The molecule has 5 rings (SSSR count). The first-order chi connectivity index (χ1) is 18.5. The number of carboxylic acid groups (broad SMARTS) is 1. The molecule has 3 aromatic carbocycles. The van der Waals surface area contributed by atoms with Crippen LogP contribution in [0.4, 0.5) is 15.8 Å². The maximum absolute atomic E-state index is 14.4. The van der Waals surface area contributed by atoms with E-state index in [0.29, 0.717) is 30.4 Å². The van der Waals surface area contributed by atoms with Crippen molar-refractivity contribution in [2.24, 2.45) is 5.92 Å². The monoisotopic (exact) mass is 518 g/mol. The summed E-state index contributed by atoms with van der Waals surface area (Å²) in [6.07, 6.45) is 3.61. The van der Waals surface area contributed by atoms with Crippen molar-refractivity contribution in [2.75, 3.05) is 36.5 Å². The number of piperidine rings is 1. The van der Waals surface area contributed by atoms with E-state index in [4.69, 9.17) is 9.47 Å². The number of ether oxygens (including phenoxy) is 2. The fourth-order valence-corrected chi connectivity index (χ4v) is 5.81. The van der Waals surface area contributed by atoms with Crippen molar-refractivity contribution in [2.45, 2.75) is 44.2 Å². The van der Waals surface area contributed by atoms with E-state index in [1.54, 1.807) is 19.2 Å². The molecule has 0 bridgehead atoms. The lowest BCUT2D eigenvalue weighted by molar-refractivity contribution is -0.137. The van der Waals surface area contributed by atoms with Crippen LogP contribution in [-0.4, -0.2) is 50.0 Å². The highest BCUT2D eigenvalue weighted by molar-refractivity contribution is 5.69. The summed E-state index contributed by atoms with van der Waals surface area (Å²) >= 11 is 0. The van der Waals surface area contributed by atoms with Crippen LogP contribution in [0.3, 0.4) is 0 Å². The van der Waals surface area contributed by atoms with Crippen molar-refractivity contribution in [1.82, 2.24) is 0 Å². The Balaban J connectivity index is 1.18. The number of benzene rings is 3. The summed E-state index contributed by atoms with van der Waals surface area (Å²) in [6.45, 7) is 2.26. The van der Waals surface area contributed by atoms with Crippen LogP contribution in [0.2, 0.25) is 0 Å². The van der Waals surface area contributed by atoms with Crippen LogP contribution >= 0.6 is 0 Å². The Hall–Kier alpha value is -3.74. The first-order valence-corrected chi connectivity index (χ1v) is 13.4. The Morgan fingerprint density at radius 1 is 1.00 bits per heavy atom. The molecule has 3 aromatic rings. The van der Waals surface area contributed by atoms with Crippen molar-refractivity contribution in [3.63, 3.8) is 0 Å². The molecule has 2 fully saturated rings. The third kappa shape index (κ3) is 6.21. The molecule has 6 nitrogen and oxygen atoms in total. The lowest BCUT2D eigenvalue weighted by Gasteiger charge is -2.34. The van der Waals surface area contributed by atoms with E-state index in [1.165, 1.54) is 11.6 Å². The van der Waals surface area contributed by atoms with Crippen LogP contribution in [0.1, 0.15) is 31.2 Å². The van der Waals surface area contributed by atoms with Gasteiger partial charge in [0.05, 0.1) is 19.2 Å². The predicted molar refractivity (Wildman–Crippen MR) is 147 cm³/mol. The van der Waals surface area contributed by atoms with Crippen molar-refractivity contribution < 1.29 is 23.8 Å². The molecule has 2 heterocycles. The van der Waals surface area contributed by atoms with Crippen LogP contribution in [-0.2, 0) is 11.2 Å². The van der Waals surface area contributed by atoms with Gasteiger partial charge in [0, 0.05) is 50.3 Å². The number of halogens is 1. The van der Waals surface area contributed by atoms with Crippen molar-refractivity contribution in [3.05, 3.63) is 84.2 Å². The molecule has 200 valence electrons. The maximum Gasteiger partial charge on any atom is 0.305 e. The molecule has 0 saturated carbocycles. The fourth-order valence-electron chi connectivity index (χ4n) is 5.81. The molecule has 38 heavy (non-hydrogen) atoms. The van der Waals surface area contributed by atoms with Gasteiger partial charge in [0.1, 0.15) is 23.4 Å². The SMILES string of the molecule is COc1ccc(F)c(N2CCC(Oc3ccc(N4C[C@H](Cc5ccccc5)C[C@@H]4CC(=O)O)cc3)CC2)c1. The second-order valence-electron chi connectivity index (χ2n) is 10.3. The first kappa shape index (κ1) is 25.9. The number of hydrogen-bond donors (Lipinski definition) is 1. The molecule has 1 N–H and O–H groups in total. The van der Waals surface area contributed by atoms with Gasteiger partial charge in [-0.15, -0.1) is 0 Å². The molecule has 2 aliphatic heterocycles. The summed E-state index contributed by atoms with van der Waals surface area (Å²) in [5.41, 5.74) is 2.89. The van der Waals surface area contributed by atoms with Crippen LogP contribution in [0.25, 0.3) is 0 Å². The molecule has 2 aliphatic rings. The largest absolute Gasteiger partial charge is 0.497 e. The van der Waals surface area contributed by atoms with Gasteiger partial charge in [-0.3, -0.25) is 4.79 Å². The molecule has 0 aromatic heterocycles. The standard InChI is InChI=1S/C31H35FN2O4/c1-37-28-11-12-29(32)30(20-28)33-15-13-27(14-16-33)38-26-9-7-24(8-10-26)34-21-23(18-25(34)19-31(35)36)17-22-5-3-2-4-6-22/h2-12,20,23,25,27H,13-19,21H2,1H3,(H,35,36)/t23-,25-/m1/s1. The molecular formula is C31H35FN2O4. The molecular weight excluding hydrogens is 483 g/mol. The topological polar surface area (TPSA) is 62.2 Å². The number of anilines is 2. The highest BCUT2D eigenvalue weighted by Gasteiger charge is 2.33. The first-order valence-electron chi connectivity index (χ1n) is 13.4. The average Bonchev–Trinajstić information content (AvgIpc) is 3.31. The van der Waals surface area contributed by atoms with Crippen molar-refractivity contribution >= 4 is 17.3 Å². The summed E-state index contributed by atoms with van der Waals surface area (Å²) in [6, 6.07) is 23.2. The predicted octanol–water partition coefficient (Wildman–Crippen LogP) is 5.79. The second-order valence-corrected chi connectivity index (χ2v) is 10.3. The number of carboxylic acids is 1. The van der Waals surface area contributed by atoms with E-state index in [9.17, 15) is 14.3 Å². The summed E-state index contributed by atoms with van der Waals surface area (Å²) in [5, 5.41) is 9.50. The minimum atomic E-state index is -0.763. The zero-order valence-electron chi connectivity index (χ0n) is 21.8. The van der Waals surface area contributed by atoms with Gasteiger partial charge >= 0.3 is 5.97 Å². The van der Waals surface area contributed by atoms with Gasteiger partial charge in [0.25, 0.3) is 0 Å². The lowest BCUT2D eigenvalue weighted by Crippen LogP contribution is -2.38. The lowest BCUT2D eigenvalue weighted by atomic mass is 9.96. The number of carbonyl (C=O) groups is 1. The Kier molecular flexibility index (Phi) is 8.01. The van der Waals surface area contributed by atoms with Crippen LogP contribution in [0, 0.1) is 11.7 Å². The Morgan fingerprint density at radius 3 is 2.39 bits per heavy atom. The number of rotatable bonds is 9. The Labute approximate surface area is 223 Å². The molecule has 2 atom stereocenters. The van der Waals surface area contributed by atoms with Crippen molar-refractivity contribution in [1.29, 1.82) is 0 Å². The molecule has 7 heteroatoms. The van der Waals surface area contributed by atoms with Gasteiger partial charge in [-0.25, -0.2) is 4.39 Å². The van der Waals surface area contributed by atoms with E-state index < -0.39 is 5.97 Å². The quantitative estimate of drug-likeness (QED) is 0.387. The van der Waals surface area contributed by atoms with E-state index in [-0.39, 0.29) is 24.4 Å². The van der Waals surface area contributed by atoms with E-state index >= 15 is 0 Å². The molecule has 0 unspecified atom stereocenters. The third-order valence-electron chi connectivity index (χ3n) is 7.69. The van der Waals surface area contributed by atoms with E-state index in [1.807, 2.05) is 35.2 Å². The van der Waals surface area contributed by atoms with Gasteiger partial charge in [-0.05, 0) is 60.7 Å². The van der Waals surface area contributed by atoms with Gasteiger partial charge < -0.3 is 24.4 Å². The number of nitrogens with zero attached hydrogens (tertiary/aromatic N) is 2. The maximum atomic E-state index is 14.4. The summed E-state index contributed by atoms with van der Waals surface area (Å²) in [5.74, 6) is 0.858. The van der Waals surface area contributed by atoms with Gasteiger partial charge in [0.15, 0.2) is 0 Å². The molecule has 0 radical (unpaired) electrons. The smallest absolute Gasteiger partial charge is 0.305 e. The highest BCUT2D eigenvalue weighted by Crippen LogP contribution is 2.34. The number of hydrogen-bond acceptors (Lipinski definition) is 5. The van der Waals surface area contributed by atoms with Crippen LogP contribution in [0.5, 0.6) is 11.5 Å². The van der Waals surface area contributed by atoms with Crippen molar-refractivity contribution in [3.8, 4) is 11.5 Å². The van der Waals surface area contributed by atoms with Gasteiger partial charge in [0.2, 0.25) is 0 Å². The number of methoxy groups -OCH3 is 1. The van der Waals surface area contributed by atoms with Gasteiger partial charge in [-0.1, -0.05) is 30.3 Å². The average molecular weight is 519 g/mol. The number of aliphatic carboxylic acids is 1. The highest BCUT2D eigenvalue weighted by atomic mass is 19.1. The van der Waals surface area contributed by atoms with Crippen LogP contribution in [0.15, 0.2) is 72.8 Å². The Morgan fingerprint density at radius 2 is 1.71 bits per heavy atom. The normalized spacial score (nSPS) is 19.9. The Bertz CT molecular complexity index is 1210. The molecule has 2 saturated heterocycles. The second kappa shape index (κ2) is 11.8. The third-order valence-corrected chi connectivity index (χ3v) is 7.69. The minimum absolute atomic E-state index is 0.0192. The summed E-state index contributed by atoms with van der Waals surface area (Å²) in [4.78, 5) is 15.8. The minimum Gasteiger partial charge on any atom is -0.497 e. The van der Waals surface area contributed by atoms with E-state index in [0.717, 1.165) is 43.7 Å². The molecule has 0 aliphatic carbocycles. The van der Waals surface area contributed by atoms with Gasteiger partial charge in [-0.2, -0.15) is 0 Å². The summed E-state index contributed by atoms with van der Waals surface area (Å²) in [7, 11) is 1.58. The zero-order valence-corrected chi connectivity index (χ0v) is 21.8. The van der Waals surface area contributed by atoms with E-state index in [2.05, 4.69) is 29.2 Å².